The molecule has 16 heavy (non-hydrogen) atoms. The number of carbonyl (C=O) groups excluding carboxylic acids is 1. The summed E-state index contributed by atoms with van der Waals surface area (Å²) >= 11 is 5.76. The van der Waals surface area contributed by atoms with Gasteiger partial charge in [-0.2, -0.15) is 0 Å². The van der Waals surface area contributed by atoms with Crippen molar-refractivity contribution < 1.29 is 9.53 Å². The van der Waals surface area contributed by atoms with Crippen molar-refractivity contribution in [2.24, 2.45) is 0 Å². The van der Waals surface area contributed by atoms with Crippen LogP contribution in [0.1, 0.15) is 13.8 Å². The van der Waals surface area contributed by atoms with Gasteiger partial charge in [0.2, 0.25) is 5.91 Å². The van der Waals surface area contributed by atoms with Crippen LogP contribution < -0.4 is 11.1 Å². The molecule has 1 aromatic carbocycles. The summed E-state index contributed by atoms with van der Waals surface area (Å²) in [5.74, 6) is -0.213. The van der Waals surface area contributed by atoms with Gasteiger partial charge in [-0.1, -0.05) is 11.6 Å². The molecule has 0 spiro atoms. The largest absolute Gasteiger partial charge is 0.397 e. The standard InChI is InChI=1S/C11H15ClN2O2/c1-7(2)16-6-11(15)14-8-3-4-9(12)10(13)5-8/h3-5,7H,6,13H2,1-2H3,(H,14,15). The SMILES string of the molecule is CC(C)OCC(=O)Nc1ccc(Cl)c(N)c1. The van der Waals surface area contributed by atoms with E-state index in [1.54, 1.807) is 18.2 Å². The molecule has 5 heteroatoms. The van der Waals surface area contributed by atoms with Gasteiger partial charge in [0.15, 0.2) is 0 Å². The van der Waals surface area contributed by atoms with E-state index in [0.29, 0.717) is 16.4 Å². The zero-order valence-corrected chi connectivity index (χ0v) is 10.0. The highest BCUT2D eigenvalue weighted by Crippen LogP contribution is 2.22. The zero-order chi connectivity index (χ0) is 12.1. The first-order valence-electron chi connectivity index (χ1n) is 4.95. The molecule has 0 saturated carbocycles. The van der Waals surface area contributed by atoms with Gasteiger partial charge in [0.1, 0.15) is 6.61 Å². The van der Waals surface area contributed by atoms with Crippen molar-refractivity contribution in [3.63, 3.8) is 0 Å². The van der Waals surface area contributed by atoms with E-state index in [9.17, 15) is 4.79 Å². The third-order valence-electron chi connectivity index (χ3n) is 1.83. The van der Waals surface area contributed by atoms with Gasteiger partial charge in [-0.25, -0.2) is 0 Å². The minimum Gasteiger partial charge on any atom is -0.397 e. The fourth-order valence-corrected chi connectivity index (χ4v) is 1.18. The van der Waals surface area contributed by atoms with Gasteiger partial charge < -0.3 is 15.8 Å². The number of halogens is 1. The molecule has 1 rings (SSSR count). The average molecular weight is 243 g/mol. The lowest BCUT2D eigenvalue weighted by atomic mass is 10.3. The summed E-state index contributed by atoms with van der Waals surface area (Å²) in [5, 5.41) is 3.13. The fourth-order valence-electron chi connectivity index (χ4n) is 1.06. The Kier molecular flexibility index (Phi) is 4.58. The topological polar surface area (TPSA) is 64.3 Å². The van der Waals surface area contributed by atoms with Gasteiger partial charge >= 0.3 is 0 Å². The van der Waals surface area contributed by atoms with E-state index in [2.05, 4.69) is 5.32 Å². The number of hydrogen-bond donors (Lipinski definition) is 2. The molecule has 0 aliphatic rings. The molecule has 1 amide bonds. The average Bonchev–Trinajstić information content (AvgIpc) is 2.21. The smallest absolute Gasteiger partial charge is 0.250 e. The first-order valence-corrected chi connectivity index (χ1v) is 5.33. The van der Waals surface area contributed by atoms with E-state index in [1.165, 1.54) is 0 Å². The molecule has 3 N–H and O–H groups in total. The Hall–Kier alpha value is -1.26. The Balaban J connectivity index is 2.53. The second-order valence-corrected chi connectivity index (χ2v) is 4.05. The predicted molar refractivity (Wildman–Crippen MR) is 65.6 cm³/mol. The Labute approximate surface area is 99.7 Å². The molecule has 0 aliphatic heterocycles. The number of nitrogens with one attached hydrogen (secondary N) is 1. The summed E-state index contributed by atoms with van der Waals surface area (Å²) in [6.45, 7) is 3.77. The number of hydrogen-bond acceptors (Lipinski definition) is 3. The third kappa shape index (κ3) is 4.08. The molecular formula is C11H15ClN2O2. The molecule has 0 heterocycles. The van der Waals surface area contributed by atoms with Crippen LogP contribution in [-0.4, -0.2) is 18.6 Å². The first-order chi connectivity index (χ1) is 7.49. The highest BCUT2D eigenvalue weighted by atomic mass is 35.5. The van der Waals surface area contributed by atoms with Crippen LogP contribution in [0.15, 0.2) is 18.2 Å². The summed E-state index contributed by atoms with van der Waals surface area (Å²) in [4.78, 5) is 11.4. The van der Waals surface area contributed by atoms with Crippen LogP contribution in [0.3, 0.4) is 0 Å². The van der Waals surface area contributed by atoms with Gasteiger partial charge in [-0.05, 0) is 32.0 Å². The molecule has 88 valence electrons. The van der Waals surface area contributed by atoms with Gasteiger partial charge in [-0.15, -0.1) is 0 Å². The van der Waals surface area contributed by atoms with E-state index >= 15 is 0 Å². The zero-order valence-electron chi connectivity index (χ0n) is 9.29. The first kappa shape index (κ1) is 12.8. The lowest BCUT2D eigenvalue weighted by molar-refractivity contribution is -0.121. The normalized spacial score (nSPS) is 10.5. The summed E-state index contributed by atoms with van der Waals surface area (Å²) < 4.78 is 5.16. The number of carbonyl (C=O) groups is 1. The van der Waals surface area contributed by atoms with E-state index in [1.807, 2.05) is 13.8 Å². The van der Waals surface area contributed by atoms with E-state index in [0.717, 1.165) is 0 Å². The Morgan fingerprint density at radius 3 is 2.81 bits per heavy atom. The maximum atomic E-state index is 11.4. The quantitative estimate of drug-likeness (QED) is 0.797. The van der Waals surface area contributed by atoms with Crippen LogP contribution in [-0.2, 0) is 9.53 Å². The van der Waals surface area contributed by atoms with Crippen molar-refractivity contribution >= 4 is 28.9 Å². The monoisotopic (exact) mass is 242 g/mol. The molecule has 4 nitrogen and oxygen atoms in total. The molecule has 0 fully saturated rings. The highest BCUT2D eigenvalue weighted by Gasteiger charge is 2.05. The van der Waals surface area contributed by atoms with E-state index in [-0.39, 0.29) is 18.6 Å². The number of benzene rings is 1. The Bertz CT molecular complexity index is 380. The molecular weight excluding hydrogens is 228 g/mol. The molecule has 0 aromatic heterocycles. The van der Waals surface area contributed by atoms with Crippen molar-refractivity contribution in [2.45, 2.75) is 20.0 Å². The van der Waals surface area contributed by atoms with Crippen LogP contribution >= 0.6 is 11.6 Å². The second kappa shape index (κ2) is 5.72. The molecule has 0 bridgehead atoms. The van der Waals surface area contributed by atoms with Crippen molar-refractivity contribution in [1.29, 1.82) is 0 Å². The van der Waals surface area contributed by atoms with Gasteiger partial charge in [0.05, 0.1) is 16.8 Å². The van der Waals surface area contributed by atoms with Crippen LogP contribution in [0.25, 0.3) is 0 Å². The highest BCUT2D eigenvalue weighted by molar-refractivity contribution is 6.33. The molecule has 1 aromatic rings. The maximum absolute atomic E-state index is 11.4. The summed E-state index contributed by atoms with van der Waals surface area (Å²) in [7, 11) is 0. The fraction of sp³-hybridized carbons (Fsp3) is 0.364. The van der Waals surface area contributed by atoms with Crippen molar-refractivity contribution in [3.8, 4) is 0 Å². The van der Waals surface area contributed by atoms with Gasteiger partial charge in [0, 0.05) is 5.69 Å². The van der Waals surface area contributed by atoms with E-state index in [4.69, 9.17) is 22.1 Å². The van der Waals surface area contributed by atoms with Gasteiger partial charge in [-0.3, -0.25) is 4.79 Å². The molecule has 0 saturated heterocycles. The lowest BCUT2D eigenvalue weighted by Crippen LogP contribution is -2.20. The summed E-state index contributed by atoms with van der Waals surface area (Å²) in [6.07, 6.45) is 0.0287. The maximum Gasteiger partial charge on any atom is 0.250 e. The Morgan fingerprint density at radius 2 is 2.25 bits per heavy atom. The molecule has 0 atom stereocenters. The molecule has 0 aliphatic carbocycles. The van der Waals surface area contributed by atoms with Crippen molar-refractivity contribution in [2.75, 3.05) is 17.7 Å². The Morgan fingerprint density at radius 1 is 1.56 bits per heavy atom. The number of nitrogen functional groups attached to an aromatic ring is 1. The number of amides is 1. The minimum absolute atomic E-state index is 0.0280. The molecule has 0 unspecified atom stereocenters. The summed E-state index contributed by atoms with van der Waals surface area (Å²) in [6, 6.07) is 4.93. The van der Waals surface area contributed by atoms with E-state index < -0.39 is 0 Å². The van der Waals surface area contributed by atoms with Crippen molar-refractivity contribution in [3.05, 3.63) is 23.2 Å². The second-order valence-electron chi connectivity index (χ2n) is 3.64. The van der Waals surface area contributed by atoms with Crippen LogP contribution in [0, 0.1) is 0 Å². The van der Waals surface area contributed by atoms with Gasteiger partial charge in [0.25, 0.3) is 0 Å². The number of anilines is 2. The number of rotatable bonds is 4. The van der Waals surface area contributed by atoms with Crippen LogP contribution in [0.4, 0.5) is 11.4 Å². The predicted octanol–water partition coefficient (Wildman–Crippen LogP) is 2.29. The van der Waals surface area contributed by atoms with Crippen molar-refractivity contribution in [1.82, 2.24) is 0 Å². The lowest BCUT2D eigenvalue weighted by Gasteiger charge is -2.09. The minimum atomic E-state index is -0.213. The van der Waals surface area contributed by atoms with Crippen LogP contribution in [0.2, 0.25) is 5.02 Å². The molecule has 0 radical (unpaired) electrons. The summed E-state index contributed by atoms with van der Waals surface area (Å²) in [5.41, 5.74) is 6.65. The number of nitrogens with two attached hydrogens (primary N) is 1. The number of ether oxygens (including phenoxy) is 1. The van der Waals surface area contributed by atoms with Crippen LogP contribution in [0.5, 0.6) is 0 Å². The third-order valence-corrected chi connectivity index (χ3v) is 2.17.